The van der Waals surface area contributed by atoms with E-state index in [9.17, 15) is 4.79 Å². The van der Waals surface area contributed by atoms with Crippen molar-refractivity contribution in [2.75, 3.05) is 0 Å². The van der Waals surface area contributed by atoms with Gasteiger partial charge in [0, 0.05) is 28.8 Å². The number of hydrogen-bond acceptors (Lipinski definition) is 6. The number of aromatic nitrogens is 5. The third kappa shape index (κ3) is 4.39. The lowest BCUT2D eigenvalue weighted by Gasteiger charge is -2.19. The molecule has 0 spiro atoms. The molecule has 8 heteroatoms. The fraction of sp³-hybridized carbons (Fsp3) is 0.296. The molecule has 8 nitrogen and oxygen atoms in total. The van der Waals surface area contributed by atoms with E-state index in [2.05, 4.69) is 15.5 Å². The minimum absolute atomic E-state index is 0.0762. The van der Waals surface area contributed by atoms with E-state index in [1.807, 2.05) is 86.8 Å². The molecule has 0 bridgehead atoms. The molecule has 0 aliphatic rings. The van der Waals surface area contributed by atoms with Gasteiger partial charge in [0.2, 0.25) is 17.6 Å². The first-order valence-corrected chi connectivity index (χ1v) is 11.8. The Balaban J connectivity index is 1.32. The number of carbonyl (C=O) groups excluding carboxylic acids is 1. The molecular weight excluding hydrogens is 440 g/mol. The summed E-state index contributed by atoms with van der Waals surface area (Å²) in [4.78, 5) is 22.3. The first-order valence-electron chi connectivity index (χ1n) is 11.8. The Morgan fingerprint density at radius 3 is 2.54 bits per heavy atom. The van der Waals surface area contributed by atoms with Gasteiger partial charge in [-0.15, -0.1) is 0 Å². The van der Waals surface area contributed by atoms with Crippen LogP contribution < -0.4 is 5.32 Å². The summed E-state index contributed by atoms with van der Waals surface area (Å²) in [7, 11) is 0. The van der Waals surface area contributed by atoms with E-state index in [-0.39, 0.29) is 17.9 Å². The Kier molecular flexibility index (Phi) is 6.03. The number of aryl methyl sites for hydroxylation is 2. The second-order valence-corrected chi connectivity index (χ2v) is 9.13. The maximum atomic E-state index is 13.0. The number of rotatable bonds is 7. The molecule has 35 heavy (non-hydrogen) atoms. The quantitative estimate of drug-likeness (QED) is 0.361. The second kappa shape index (κ2) is 9.29. The van der Waals surface area contributed by atoms with Crippen molar-refractivity contribution in [1.82, 2.24) is 30.1 Å². The standard InChI is InChI=1S/C27H28N6O2/c1-16(2)24(27-30-25(32-35-27)19-10-6-5-7-11-19)29-23(34)15-14-20-17(3)28-26-21-12-8-9-13-22(21)31-33(26)18(20)4/h5-13,16,24H,14-15H2,1-4H3,(H,29,34)/t24-/m1/s1. The summed E-state index contributed by atoms with van der Waals surface area (Å²) in [5.74, 6) is 0.928. The third-order valence-corrected chi connectivity index (χ3v) is 6.34. The Labute approximate surface area is 203 Å². The van der Waals surface area contributed by atoms with Crippen molar-refractivity contribution in [3.05, 3.63) is 77.4 Å². The molecule has 5 rings (SSSR count). The van der Waals surface area contributed by atoms with Crippen LogP contribution >= 0.6 is 0 Å². The molecule has 1 N–H and O–H groups in total. The minimum Gasteiger partial charge on any atom is -0.344 e. The lowest BCUT2D eigenvalue weighted by atomic mass is 10.0. The van der Waals surface area contributed by atoms with Crippen LogP contribution in [-0.4, -0.2) is 30.6 Å². The largest absolute Gasteiger partial charge is 0.344 e. The smallest absolute Gasteiger partial charge is 0.249 e. The average molecular weight is 469 g/mol. The third-order valence-electron chi connectivity index (χ3n) is 6.34. The summed E-state index contributed by atoms with van der Waals surface area (Å²) < 4.78 is 7.40. The van der Waals surface area contributed by atoms with Crippen LogP contribution in [0.3, 0.4) is 0 Å². The van der Waals surface area contributed by atoms with Crippen molar-refractivity contribution in [1.29, 1.82) is 0 Å². The fourth-order valence-electron chi connectivity index (χ4n) is 4.40. The summed E-state index contributed by atoms with van der Waals surface area (Å²) in [6.07, 6.45) is 0.880. The summed E-state index contributed by atoms with van der Waals surface area (Å²) in [5, 5.41) is 12.9. The predicted molar refractivity (Wildman–Crippen MR) is 134 cm³/mol. The number of amides is 1. The molecule has 0 aliphatic heterocycles. The zero-order chi connectivity index (χ0) is 24.5. The van der Waals surface area contributed by atoms with E-state index in [0.717, 1.165) is 39.1 Å². The van der Waals surface area contributed by atoms with Crippen molar-refractivity contribution < 1.29 is 9.32 Å². The monoisotopic (exact) mass is 468 g/mol. The van der Waals surface area contributed by atoms with E-state index in [0.29, 0.717) is 24.6 Å². The summed E-state index contributed by atoms with van der Waals surface area (Å²) in [5.41, 5.74) is 5.57. The molecule has 0 fully saturated rings. The highest BCUT2D eigenvalue weighted by molar-refractivity contribution is 5.92. The molecule has 3 aromatic heterocycles. The van der Waals surface area contributed by atoms with Gasteiger partial charge < -0.3 is 9.84 Å². The Bertz CT molecular complexity index is 1500. The van der Waals surface area contributed by atoms with Crippen LogP contribution in [0.25, 0.3) is 27.9 Å². The summed E-state index contributed by atoms with van der Waals surface area (Å²) in [6.45, 7) is 8.06. The van der Waals surface area contributed by atoms with E-state index < -0.39 is 0 Å². The zero-order valence-electron chi connectivity index (χ0n) is 20.3. The highest BCUT2D eigenvalue weighted by Crippen LogP contribution is 2.25. The first-order chi connectivity index (χ1) is 16.9. The van der Waals surface area contributed by atoms with Crippen molar-refractivity contribution in [2.24, 2.45) is 5.92 Å². The molecule has 0 saturated carbocycles. The lowest BCUT2D eigenvalue weighted by Crippen LogP contribution is -2.32. The number of nitrogens with zero attached hydrogens (tertiary/aromatic N) is 5. The number of benzene rings is 2. The molecule has 0 aliphatic carbocycles. The molecule has 178 valence electrons. The van der Waals surface area contributed by atoms with Crippen LogP contribution in [0.2, 0.25) is 0 Å². The average Bonchev–Trinajstić information content (AvgIpc) is 3.48. The minimum atomic E-state index is -0.369. The van der Waals surface area contributed by atoms with Gasteiger partial charge in [-0.1, -0.05) is 61.5 Å². The van der Waals surface area contributed by atoms with Gasteiger partial charge in [-0.3, -0.25) is 4.79 Å². The number of fused-ring (bicyclic) bond motifs is 3. The van der Waals surface area contributed by atoms with Gasteiger partial charge in [0.1, 0.15) is 6.04 Å². The second-order valence-electron chi connectivity index (χ2n) is 9.13. The molecule has 1 amide bonds. The fourth-order valence-corrected chi connectivity index (χ4v) is 4.40. The van der Waals surface area contributed by atoms with Gasteiger partial charge in [0.25, 0.3) is 0 Å². The molecule has 0 unspecified atom stereocenters. The molecule has 0 saturated heterocycles. The van der Waals surface area contributed by atoms with E-state index >= 15 is 0 Å². The number of nitrogens with one attached hydrogen (secondary N) is 1. The summed E-state index contributed by atoms with van der Waals surface area (Å²) >= 11 is 0. The Morgan fingerprint density at radius 2 is 1.77 bits per heavy atom. The number of hydrogen-bond donors (Lipinski definition) is 1. The SMILES string of the molecule is Cc1nc2c3ccccc3nn2c(C)c1CCC(=O)N[C@@H](c1nc(-c2ccccc2)no1)C(C)C. The Morgan fingerprint density at radius 1 is 1.03 bits per heavy atom. The van der Waals surface area contributed by atoms with Gasteiger partial charge in [-0.25, -0.2) is 9.50 Å². The van der Waals surface area contributed by atoms with Crippen LogP contribution in [0, 0.1) is 19.8 Å². The van der Waals surface area contributed by atoms with Crippen LogP contribution in [0.4, 0.5) is 0 Å². The maximum Gasteiger partial charge on any atom is 0.249 e. The van der Waals surface area contributed by atoms with Crippen LogP contribution in [0.15, 0.2) is 59.1 Å². The number of carbonyl (C=O) groups is 1. The highest BCUT2D eigenvalue weighted by atomic mass is 16.5. The van der Waals surface area contributed by atoms with Crippen LogP contribution in [-0.2, 0) is 11.2 Å². The first kappa shape index (κ1) is 22.7. The molecular formula is C27H28N6O2. The van der Waals surface area contributed by atoms with E-state index in [4.69, 9.17) is 14.6 Å². The van der Waals surface area contributed by atoms with Crippen molar-refractivity contribution in [3.8, 4) is 11.4 Å². The molecule has 1 atom stereocenters. The van der Waals surface area contributed by atoms with Gasteiger partial charge in [-0.05, 0) is 43.9 Å². The van der Waals surface area contributed by atoms with Crippen LogP contribution in [0.5, 0.6) is 0 Å². The van der Waals surface area contributed by atoms with Crippen LogP contribution in [0.1, 0.15) is 49.2 Å². The van der Waals surface area contributed by atoms with Gasteiger partial charge in [-0.2, -0.15) is 10.1 Å². The lowest BCUT2D eigenvalue weighted by molar-refractivity contribution is -0.122. The van der Waals surface area contributed by atoms with Gasteiger partial charge in [0.15, 0.2) is 5.65 Å². The summed E-state index contributed by atoms with van der Waals surface area (Å²) in [6, 6.07) is 17.3. The van der Waals surface area contributed by atoms with E-state index in [1.54, 1.807) is 0 Å². The normalized spacial score (nSPS) is 12.5. The van der Waals surface area contributed by atoms with Crippen molar-refractivity contribution >= 4 is 22.5 Å². The molecule has 0 radical (unpaired) electrons. The molecule has 3 heterocycles. The van der Waals surface area contributed by atoms with Crippen molar-refractivity contribution in [2.45, 2.75) is 46.6 Å². The zero-order valence-corrected chi connectivity index (χ0v) is 20.3. The van der Waals surface area contributed by atoms with E-state index in [1.165, 1.54) is 0 Å². The maximum absolute atomic E-state index is 13.0. The van der Waals surface area contributed by atoms with Gasteiger partial charge in [0.05, 0.1) is 5.52 Å². The molecule has 2 aromatic carbocycles. The van der Waals surface area contributed by atoms with Gasteiger partial charge >= 0.3 is 0 Å². The topological polar surface area (TPSA) is 98.2 Å². The molecule has 5 aromatic rings. The predicted octanol–water partition coefficient (Wildman–Crippen LogP) is 5.00. The Hall–Kier alpha value is -4.07. The van der Waals surface area contributed by atoms with Crippen molar-refractivity contribution in [3.63, 3.8) is 0 Å². The highest BCUT2D eigenvalue weighted by Gasteiger charge is 2.25.